The normalized spacial score (nSPS) is 16.2. The molecule has 1 aliphatic rings. The average Bonchev–Trinajstić information content (AvgIpc) is 3.15. The monoisotopic (exact) mass is 539 g/mol. The van der Waals surface area contributed by atoms with Crippen molar-refractivity contribution in [3.8, 4) is 0 Å². The van der Waals surface area contributed by atoms with E-state index >= 15 is 0 Å². The summed E-state index contributed by atoms with van der Waals surface area (Å²) in [5.41, 5.74) is 0.895. The van der Waals surface area contributed by atoms with E-state index < -0.39 is 0 Å². The Hall–Kier alpha value is -0.770. The summed E-state index contributed by atoms with van der Waals surface area (Å²) in [4.78, 5) is 20.9. The van der Waals surface area contributed by atoms with Gasteiger partial charge in [0.2, 0.25) is 5.91 Å². The van der Waals surface area contributed by atoms with Crippen LogP contribution in [0.5, 0.6) is 0 Å². The number of guanidine groups is 1. The van der Waals surface area contributed by atoms with Gasteiger partial charge in [0.05, 0.1) is 12.0 Å². The molecule has 0 aromatic carbocycles. The third-order valence-corrected chi connectivity index (χ3v) is 5.49. The quantitative estimate of drug-likeness (QED) is 0.355. The van der Waals surface area contributed by atoms with Gasteiger partial charge >= 0.3 is 0 Å². The molecule has 6 nitrogen and oxygen atoms in total. The lowest BCUT2D eigenvalue weighted by molar-refractivity contribution is -0.138. The van der Waals surface area contributed by atoms with E-state index in [1.54, 1.807) is 11.9 Å². The summed E-state index contributed by atoms with van der Waals surface area (Å²) in [7, 11) is 9.53. The van der Waals surface area contributed by atoms with Gasteiger partial charge < -0.3 is 19.7 Å². The number of amides is 1. The number of aromatic nitrogens is 1. The molecule has 0 saturated heterocycles. The minimum absolute atomic E-state index is 0. The van der Waals surface area contributed by atoms with E-state index in [2.05, 4.69) is 41.8 Å². The summed E-state index contributed by atoms with van der Waals surface area (Å²) in [6.45, 7) is 1.38. The Morgan fingerprint density at radius 3 is 2.42 bits per heavy atom. The number of rotatable bonds is 5. The molecule has 8 heteroatoms. The molecule has 0 bridgehead atoms. The zero-order valence-corrected chi connectivity index (χ0v) is 20.3. The van der Waals surface area contributed by atoms with Gasteiger partial charge in [-0.05, 0) is 34.8 Å². The zero-order chi connectivity index (χ0) is 18.6. The Labute approximate surface area is 182 Å². The Morgan fingerprint density at radius 2 is 1.96 bits per heavy atom. The van der Waals surface area contributed by atoms with E-state index in [1.807, 2.05) is 34.4 Å². The van der Waals surface area contributed by atoms with Crippen LogP contribution in [-0.4, -0.2) is 61.0 Å². The summed E-state index contributed by atoms with van der Waals surface area (Å²) in [6, 6.07) is 2.11. The number of carbonyl (C=O) groups is 1. The van der Waals surface area contributed by atoms with Crippen molar-refractivity contribution in [1.29, 1.82) is 0 Å². The molecule has 1 fully saturated rings. The van der Waals surface area contributed by atoms with Gasteiger partial charge in [0, 0.05) is 58.1 Å². The van der Waals surface area contributed by atoms with Crippen molar-refractivity contribution in [3.63, 3.8) is 0 Å². The molecule has 1 saturated carbocycles. The van der Waals surface area contributed by atoms with Crippen molar-refractivity contribution in [3.05, 3.63) is 22.4 Å². The summed E-state index contributed by atoms with van der Waals surface area (Å²) < 4.78 is 3.17. The first-order valence-corrected chi connectivity index (χ1v) is 9.52. The summed E-state index contributed by atoms with van der Waals surface area (Å²) >= 11 is 3.51. The number of halogens is 2. The van der Waals surface area contributed by atoms with Gasteiger partial charge in [0.15, 0.2) is 5.96 Å². The number of hydrogen-bond acceptors (Lipinski definition) is 2. The van der Waals surface area contributed by atoms with Crippen LogP contribution in [0.1, 0.15) is 31.4 Å². The second kappa shape index (κ2) is 9.96. The Balaban J connectivity index is 0.00000338. The van der Waals surface area contributed by atoms with E-state index in [9.17, 15) is 4.79 Å². The Kier molecular flexibility index (Phi) is 8.92. The highest BCUT2D eigenvalue weighted by molar-refractivity contribution is 14.0. The minimum Gasteiger partial charge on any atom is -0.355 e. The molecule has 1 aromatic rings. The molecule has 1 heterocycles. The van der Waals surface area contributed by atoms with Crippen LogP contribution in [0, 0.1) is 5.41 Å². The molecule has 1 amide bonds. The van der Waals surface area contributed by atoms with Crippen molar-refractivity contribution in [1.82, 2.24) is 19.7 Å². The third-order valence-electron chi connectivity index (χ3n) is 5.05. The van der Waals surface area contributed by atoms with Gasteiger partial charge in [-0.2, -0.15) is 0 Å². The number of aryl methyl sites for hydroxylation is 1. The van der Waals surface area contributed by atoms with Crippen LogP contribution in [-0.2, 0) is 18.4 Å². The van der Waals surface area contributed by atoms with E-state index in [4.69, 9.17) is 0 Å². The third kappa shape index (κ3) is 5.37. The Bertz CT molecular complexity index is 638. The SMILES string of the molecule is CN=C(NCC1(C(=O)N(C)C)CCCC1)N(C)Cc1cc(Br)cn1C.I. The van der Waals surface area contributed by atoms with Crippen molar-refractivity contribution in [2.45, 2.75) is 32.2 Å². The first-order valence-electron chi connectivity index (χ1n) is 8.73. The van der Waals surface area contributed by atoms with E-state index in [0.717, 1.165) is 42.7 Å². The molecule has 1 aliphatic carbocycles. The highest BCUT2D eigenvalue weighted by atomic mass is 127. The summed E-state index contributed by atoms with van der Waals surface area (Å²) in [5.74, 6) is 1.04. The van der Waals surface area contributed by atoms with Gasteiger partial charge in [0.1, 0.15) is 0 Å². The van der Waals surface area contributed by atoms with Gasteiger partial charge in [-0.1, -0.05) is 12.8 Å². The van der Waals surface area contributed by atoms with E-state index in [1.165, 1.54) is 5.69 Å². The molecule has 0 aliphatic heterocycles. The topological polar surface area (TPSA) is 52.9 Å². The van der Waals surface area contributed by atoms with Crippen LogP contribution < -0.4 is 5.32 Å². The number of nitrogens with one attached hydrogen (secondary N) is 1. The van der Waals surface area contributed by atoms with Gasteiger partial charge in [-0.25, -0.2) is 0 Å². The highest BCUT2D eigenvalue weighted by Crippen LogP contribution is 2.38. The number of nitrogens with zero attached hydrogens (tertiary/aromatic N) is 4. The maximum absolute atomic E-state index is 12.7. The lowest BCUT2D eigenvalue weighted by atomic mass is 9.84. The molecule has 0 radical (unpaired) electrons. The number of hydrogen-bond donors (Lipinski definition) is 1. The molecule has 0 unspecified atom stereocenters. The average molecular weight is 540 g/mol. The fraction of sp³-hybridized carbons (Fsp3) is 0.667. The van der Waals surface area contributed by atoms with Crippen LogP contribution in [0.3, 0.4) is 0 Å². The minimum atomic E-state index is -0.297. The zero-order valence-electron chi connectivity index (χ0n) is 16.4. The lowest BCUT2D eigenvalue weighted by Gasteiger charge is -2.32. The van der Waals surface area contributed by atoms with Crippen LogP contribution in [0.15, 0.2) is 21.7 Å². The van der Waals surface area contributed by atoms with E-state index in [-0.39, 0.29) is 35.3 Å². The van der Waals surface area contributed by atoms with Crippen LogP contribution in [0.2, 0.25) is 0 Å². The summed E-state index contributed by atoms with van der Waals surface area (Å²) in [5, 5.41) is 3.44. The van der Waals surface area contributed by atoms with Gasteiger partial charge in [0.25, 0.3) is 0 Å². The maximum Gasteiger partial charge on any atom is 0.230 e. The van der Waals surface area contributed by atoms with Crippen molar-refractivity contribution in [2.24, 2.45) is 17.5 Å². The molecular formula is C18H31BrIN5O. The molecule has 26 heavy (non-hydrogen) atoms. The largest absolute Gasteiger partial charge is 0.355 e. The maximum atomic E-state index is 12.7. The predicted octanol–water partition coefficient (Wildman–Crippen LogP) is 3.06. The smallest absolute Gasteiger partial charge is 0.230 e. The van der Waals surface area contributed by atoms with E-state index in [0.29, 0.717) is 6.54 Å². The standard InChI is InChI=1S/C18H30BrN5O.HI/c1-20-17(24(5)12-15-10-14(19)11-23(15)4)21-13-18(8-6-7-9-18)16(25)22(2)3;/h10-11H,6-9,12-13H2,1-5H3,(H,20,21);1H. The molecule has 1 N–H and O–H groups in total. The Morgan fingerprint density at radius 1 is 1.35 bits per heavy atom. The first-order chi connectivity index (χ1) is 11.8. The van der Waals surface area contributed by atoms with Gasteiger partial charge in [-0.3, -0.25) is 9.79 Å². The predicted molar refractivity (Wildman–Crippen MR) is 121 cm³/mol. The van der Waals surface area contributed by atoms with Gasteiger partial charge in [-0.15, -0.1) is 24.0 Å². The number of aliphatic imine (C=N–C) groups is 1. The van der Waals surface area contributed by atoms with Crippen LogP contribution >= 0.6 is 39.9 Å². The second-order valence-corrected chi connectivity index (χ2v) is 8.12. The van der Waals surface area contributed by atoms with Crippen LogP contribution in [0.25, 0.3) is 0 Å². The van der Waals surface area contributed by atoms with Crippen molar-refractivity contribution >= 4 is 51.8 Å². The second-order valence-electron chi connectivity index (χ2n) is 7.20. The fourth-order valence-corrected chi connectivity index (χ4v) is 4.24. The fourth-order valence-electron chi connectivity index (χ4n) is 3.67. The molecular weight excluding hydrogens is 509 g/mol. The van der Waals surface area contributed by atoms with Crippen molar-refractivity contribution < 1.29 is 4.79 Å². The molecule has 0 spiro atoms. The lowest BCUT2D eigenvalue weighted by Crippen LogP contribution is -2.49. The number of carbonyl (C=O) groups excluding carboxylic acids is 1. The highest BCUT2D eigenvalue weighted by Gasteiger charge is 2.42. The van der Waals surface area contributed by atoms with Crippen LogP contribution in [0.4, 0.5) is 0 Å². The first kappa shape index (κ1) is 23.3. The molecule has 1 aromatic heterocycles. The molecule has 0 atom stereocenters. The molecule has 148 valence electrons. The van der Waals surface area contributed by atoms with Crippen molar-refractivity contribution in [2.75, 3.05) is 34.7 Å². The summed E-state index contributed by atoms with van der Waals surface area (Å²) in [6.07, 6.45) is 6.17. The molecule has 2 rings (SSSR count).